The molecule has 0 aromatic carbocycles. The molecule has 116 valence electrons. The SMILES string of the molecule is CCN(C(=O)OC(C)(C)C)[C@H]1CCCN(C(=O)CCl)C1. The van der Waals surface area contributed by atoms with Gasteiger partial charge < -0.3 is 14.5 Å². The summed E-state index contributed by atoms with van der Waals surface area (Å²) < 4.78 is 5.42. The molecule has 0 bridgehead atoms. The molecule has 20 heavy (non-hydrogen) atoms. The smallest absolute Gasteiger partial charge is 0.410 e. The zero-order valence-electron chi connectivity index (χ0n) is 12.8. The van der Waals surface area contributed by atoms with Crippen molar-refractivity contribution in [2.24, 2.45) is 0 Å². The predicted molar refractivity (Wildman–Crippen MR) is 78.9 cm³/mol. The third-order valence-corrected chi connectivity index (χ3v) is 3.50. The molecule has 1 rings (SSSR count). The Morgan fingerprint density at radius 1 is 1.40 bits per heavy atom. The summed E-state index contributed by atoms with van der Waals surface area (Å²) in [6, 6.07) is 0.00997. The number of carbonyl (C=O) groups excluding carboxylic acids is 2. The Labute approximate surface area is 126 Å². The first-order valence-electron chi connectivity index (χ1n) is 7.12. The number of hydrogen-bond acceptors (Lipinski definition) is 3. The Morgan fingerprint density at radius 2 is 2.05 bits per heavy atom. The molecule has 5 nitrogen and oxygen atoms in total. The van der Waals surface area contributed by atoms with E-state index >= 15 is 0 Å². The van der Waals surface area contributed by atoms with Crippen LogP contribution in [0.15, 0.2) is 0 Å². The zero-order valence-corrected chi connectivity index (χ0v) is 13.6. The highest BCUT2D eigenvalue weighted by Crippen LogP contribution is 2.19. The minimum Gasteiger partial charge on any atom is -0.444 e. The number of ether oxygens (including phenoxy) is 1. The molecule has 0 N–H and O–H groups in total. The van der Waals surface area contributed by atoms with Crippen molar-refractivity contribution < 1.29 is 14.3 Å². The van der Waals surface area contributed by atoms with Crippen molar-refractivity contribution >= 4 is 23.6 Å². The molecule has 0 radical (unpaired) electrons. The summed E-state index contributed by atoms with van der Waals surface area (Å²) in [7, 11) is 0. The number of likely N-dealkylation sites (N-methyl/N-ethyl adjacent to an activating group) is 1. The van der Waals surface area contributed by atoms with Gasteiger partial charge in [0.15, 0.2) is 0 Å². The summed E-state index contributed by atoms with van der Waals surface area (Å²) >= 11 is 5.60. The average Bonchev–Trinajstić information content (AvgIpc) is 2.37. The lowest BCUT2D eigenvalue weighted by Gasteiger charge is -2.39. The van der Waals surface area contributed by atoms with Gasteiger partial charge in [-0.25, -0.2) is 4.79 Å². The Hall–Kier alpha value is -0.970. The van der Waals surface area contributed by atoms with Crippen molar-refractivity contribution in [3.8, 4) is 0 Å². The van der Waals surface area contributed by atoms with E-state index in [0.717, 1.165) is 12.8 Å². The van der Waals surface area contributed by atoms with Crippen LogP contribution in [0.25, 0.3) is 0 Å². The largest absolute Gasteiger partial charge is 0.444 e. The molecular weight excluding hydrogens is 280 g/mol. The monoisotopic (exact) mass is 304 g/mol. The van der Waals surface area contributed by atoms with Crippen LogP contribution in [0.2, 0.25) is 0 Å². The molecule has 0 saturated carbocycles. The standard InChI is InChI=1S/C14H25ClN2O3/c1-5-17(13(19)20-14(2,3)4)11-7-6-8-16(10-11)12(18)9-15/h11H,5-10H2,1-4H3/t11-/m0/s1. The minimum atomic E-state index is -0.509. The molecule has 0 spiro atoms. The van der Waals surface area contributed by atoms with E-state index in [2.05, 4.69) is 0 Å². The van der Waals surface area contributed by atoms with E-state index in [9.17, 15) is 9.59 Å². The Balaban J connectivity index is 2.69. The third kappa shape index (κ3) is 4.85. The molecule has 6 heteroatoms. The van der Waals surface area contributed by atoms with Crippen molar-refractivity contribution in [2.75, 3.05) is 25.5 Å². The van der Waals surface area contributed by atoms with Crippen molar-refractivity contribution in [2.45, 2.75) is 52.2 Å². The Morgan fingerprint density at radius 3 is 2.55 bits per heavy atom. The Kier molecular flexibility index (Phi) is 6.11. The number of likely N-dealkylation sites (tertiary alicyclic amines) is 1. The number of nitrogens with zero attached hydrogens (tertiary/aromatic N) is 2. The highest BCUT2D eigenvalue weighted by molar-refractivity contribution is 6.27. The van der Waals surface area contributed by atoms with Gasteiger partial charge in [0.1, 0.15) is 11.5 Å². The third-order valence-electron chi connectivity index (χ3n) is 3.27. The van der Waals surface area contributed by atoms with Crippen molar-refractivity contribution in [3.05, 3.63) is 0 Å². The lowest BCUT2D eigenvalue weighted by atomic mass is 10.0. The lowest BCUT2D eigenvalue weighted by molar-refractivity contribution is -0.130. The Bertz CT molecular complexity index is 355. The fourth-order valence-electron chi connectivity index (χ4n) is 2.38. The van der Waals surface area contributed by atoms with Gasteiger partial charge in [-0.15, -0.1) is 11.6 Å². The van der Waals surface area contributed by atoms with Gasteiger partial charge in [-0.1, -0.05) is 0 Å². The maximum absolute atomic E-state index is 12.2. The minimum absolute atomic E-state index is 0.00865. The predicted octanol–water partition coefficient (Wildman–Crippen LogP) is 2.47. The summed E-state index contributed by atoms with van der Waals surface area (Å²) in [4.78, 5) is 27.3. The van der Waals surface area contributed by atoms with E-state index in [0.29, 0.717) is 19.6 Å². The number of alkyl halides is 1. The molecule has 0 aliphatic carbocycles. The van der Waals surface area contributed by atoms with Gasteiger partial charge in [0.05, 0.1) is 6.04 Å². The molecule has 1 aliphatic heterocycles. The quantitative estimate of drug-likeness (QED) is 0.753. The summed E-state index contributed by atoms with van der Waals surface area (Å²) in [6.45, 7) is 9.30. The van der Waals surface area contributed by atoms with Crippen molar-refractivity contribution in [1.29, 1.82) is 0 Å². The number of hydrogen-bond donors (Lipinski definition) is 0. The highest BCUT2D eigenvalue weighted by Gasteiger charge is 2.31. The van der Waals surface area contributed by atoms with E-state index in [-0.39, 0.29) is 23.9 Å². The second-order valence-corrected chi connectivity index (χ2v) is 6.30. The summed E-state index contributed by atoms with van der Waals surface area (Å²) in [5.74, 6) is -0.0812. The van der Waals surface area contributed by atoms with E-state index in [1.807, 2.05) is 27.7 Å². The molecule has 0 unspecified atom stereocenters. The van der Waals surface area contributed by atoms with Crippen LogP contribution >= 0.6 is 11.6 Å². The van der Waals surface area contributed by atoms with Crippen LogP contribution < -0.4 is 0 Å². The van der Waals surface area contributed by atoms with Crippen LogP contribution in [0.1, 0.15) is 40.5 Å². The molecule has 1 fully saturated rings. The highest BCUT2D eigenvalue weighted by atomic mass is 35.5. The van der Waals surface area contributed by atoms with Gasteiger partial charge in [0.2, 0.25) is 5.91 Å². The molecule has 0 aromatic rings. The number of piperidine rings is 1. The van der Waals surface area contributed by atoms with Gasteiger partial charge in [-0.2, -0.15) is 0 Å². The van der Waals surface area contributed by atoms with Crippen LogP contribution in [0.5, 0.6) is 0 Å². The maximum Gasteiger partial charge on any atom is 0.410 e. The zero-order chi connectivity index (χ0) is 15.3. The van der Waals surface area contributed by atoms with Crippen LogP contribution in [0, 0.1) is 0 Å². The summed E-state index contributed by atoms with van der Waals surface area (Å²) in [5, 5.41) is 0. The van der Waals surface area contributed by atoms with Crippen LogP contribution in [0.4, 0.5) is 4.79 Å². The fraction of sp³-hybridized carbons (Fsp3) is 0.857. The van der Waals surface area contributed by atoms with E-state index in [1.165, 1.54) is 0 Å². The molecule has 1 saturated heterocycles. The van der Waals surface area contributed by atoms with Gasteiger partial charge in [0, 0.05) is 19.6 Å². The maximum atomic E-state index is 12.2. The lowest BCUT2D eigenvalue weighted by Crippen LogP contribution is -2.52. The number of amides is 2. The fourth-order valence-corrected chi connectivity index (χ4v) is 2.55. The first-order valence-corrected chi connectivity index (χ1v) is 7.65. The molecule has 1 atom stereocenters. The molecule has 0 aromatic heterocycles. The molecule has 1 heterocycles. The molecule has 2 amide bonds. The van der Waals surface area contributed by atoms with E-state index in [1.54, 1.807) is 9.80 Å². The first-order chi connectivity index (χ1) is 9.28. The second kappa shape index (κ2) is 7.16. The van der Waals surface area contributed by atoms with Gasteiger partial charge in [-0.05, 0) is 40.5 Å². The van der Waals surface area contributed by atoms with Crippen molar-refractivity contribution in [1.82, 2.24) is 9.80 Å². The number of carbonyl (C=O) groups is 2. The second-order valence-electron chi connectivity index (χ2n) is 6.04. The van der Waals surface area contributed by atoms with Crippen LogP contribution in [-0.4, -0.2) is 59.0 Å². The number of halogens is 1. The van der Waals surface area contributed by atoms with Crippen LogP contribution in [0.3, 0.4) is 0 Å². The van der Waals surface area contributed by atoms with Gasteiger partial charge in [-0.3, -0.25) is 4.79 Å². The van der Waals surface area contributed by atoms with E-state index < -0.39 is 5.60 Å². The molecule has 1 aliphatic rings. The van der Waals surface area contributed by atoms with Gasteiger partial charge >= 0.3 is 6.09 Å². The van der Waals surface area contributed by atoms with Gasteiger partial charge in [0.25, 0.3) is 0 Å². The molecular formula is C14H25ClN2O3. The van der Waals surface area contributed by atoms with Crippen LogP contribution in [-0.2, 0) is 9.53 Å². The number of rotatable bonds is 3. The first kappa shape index (κ1) is 17.1. The normalized spacial score (nSPS) is 19.6. The summed E-state index contributed by atoms with van der Waals surface area (Å²) in [6.07, 6.45) is 1.45. The summed E-state index contributed by atoms with van der Waals surface area (Å²) in [5.41, 5.74) is -0.509. The van der Waals surface area contributed by atoms with Crippen molar-refractivity contribution in [3.63, 3.8) is 0 Å². The van der Waals surface area contributed by atoms with E-state index in [4.69, 9.17) is 16.3 Å². The average molecular weight is 305 g/mol. The topological polar surface area (TPSA) is 49.9 Å².